The van der Waals surface area contributed by atoms with Crippen LogP contribution in [0.5, 0.6) is 0 Å². The molecule has 1 fully saturated rings. The molecular weight excluding hydrogens is 252 g/mol. The lowest BCUT2D eigenvalue weighted by Crippen LogP contribution is -2.33. The molecule has 1 aromatic rings. The summed E-state index contributed by atoms with van der Waals surface area (Å²) >= 11 is 0. The van der Waals surface area contributed by atoms with Gasteiger partial charge < -0.3 is 10.1 Å². The molecule has 18 heavy (non-hydrogen) atoms. The number of nitrogens with zero attached hydrogens (tertiary/aromatic N) is 1. The third-order valence-electron chi connectivity index (χ3n) is 3.18. The van der Waals surface area contributed by atoms with E-state index in [0.717, 1.165) is 25.7 Å². The van der Waals surface area contributed by atoms with Crippen molar-refractivity contribution in [2.75, 3.05) is 6.54 Å². The summed E-state index contributed by atoms with van der Waals surface area (Å²) in [5.74, 6) is 0. The fraction of sp³-hybridized carbons (Fsp3) is 0.667. The molecular formula is C12H20N2O3S. The van der Waals surface area contributed by atoms with Crippen LogP contribution in [0.25, 0.3) is 0 Å². The van der Waals surface area contributed by atoms with Crippen molar-refractivity contribution in [1.29, 1.82) is 0 Å². The number of nitrogens with one attached hydrogen (secondary N) is 1. The van der Waals surface area contributed by atoms with Crippen LogP contribution in [-0.2, 0) is 16.6 Å². The summed E-state index contributed by atoms with van der Waals surface area (Å²) in [7, 11) is -3.41. The van der Waals surface area contributed by atoms with E-state index in [9.17, 15) is 8.42 Å². The minimum atomic E-state index is -3.41. The smallest absolute Gasteiger partial charge is 0.244 e. The van der Waals surface area contributed by atoms with E-state index in [2.05, 4.69) is 11.9 Å². The van der Waals surface area contributed by atoms with E-state index in [-0.39, 0.29) is 17.5 Å². The monoisotopic (exact) mass is 272 g/mol. The third kappa shape index (κ3) is 2.76. The Morgan fingerprint density at radius 2 is 2.22 bits per heavy atom. The number of hydrogen-bond acceptors (Lipinski definition) is 3. The van der Waals surface area contributed by atoms with E-state index in [1.807, 2.05) is 0 Å². The van der Waals surface area contributed by atoms with Crippen LogP contribution >= 0.6 is 0 Å². The molecule has 1 aromatic heterocycles. The van der Waals surface area contributed by atoms with Crippen LogP contribution in [0.1, 0.15) is 38.3 Å². The van der Waals surface area contributed by atoms with Gasteiger partial charge in [-0.15, -0.1) is 0 Å². The molecule has 0 unspecified atom stereocenters. The standard InChI is InChI=1S/C12H20N2O3S/c1-2-3-6-14(11-4-5-11)18(16,17)12-7-10(9-15)13-8-12/h7-8,11,13,15H,2-6,9H2,1H3. The van der Waals surface area contributed by atoms with Gasteiger partial charge in [0.1, 0.15) is 0 Å². The maximum Gasteiger partial charge on any atom is 0.244 e. The summed E-state index contributed by atoms with van der Waals surface area (Å²) in [5, 5.41) is 8.98. The van der Waals surface area contributed by atoms with Crippen molar-refractivity contribution < 1.29 is 13.5 Å². The molecule has 0 aliphatic heterocycles. The average molecular weight is 272 g/mol. The van der Waals surface area contributed by atoms with Gasteiger partial charge in [0.05, 0.1) is 11.5 Å². The summed E-state index contributed by atoms with van der Waals surface area (Å²) in [5.41, 5.74) is 0.528. The van der Waals surface area contributed by atoms with Crippen molar-refractivity contribution >= 4 is 10.0 Å². The predicted octanol–water partition coefficient (Wildman–Crippen LogP) is 1.46. The van der Waals surface area contributed by atoms with Gasteiger partial charge in [-0.2, -0.15) is 4.31 Å². The molecule has 0 saturated heterocycles. The first-order valence-corrected chi connectivity index (χ1v) is 7.83. The summed E-state index contributed by atoms with van der Waals surface area (Å²) in [6, 6.07) is 1.69. The maximum atomic E-state index is 12.5. The second-order valence-corrected chi connectivity index (χ2v) is 6.61. The molecule has 0 radical (unpaired) electrons. The molecule has 0 spiro atoms. The van der Waals surface area contributed by atoms with Gasteiger partial charge in [-0.05, 0) is 25.3 Å². The zero-order valence-electron chi connectivity index (χ0n) is 10.6. The molecule has 0 atom stereocenters. The zero-order chi connectivity index (χ0) is 13.2. The fourth-order valence-corrected chi connectivity index (χ4v) is 3.71. The van der Waals surface area contributed by atoms with Crippen molar-refractivity contribution in [2.24, 2.45) is 0 Å². The van der Waals surface area contributed by atoms with Crippen LogP contribution in [0.15, 0.2) is 17.2 Å². The summed E-state index contributed by atoms with van der Waals surface area (Å²) in [6.07, 6.45) is 5.24. The van der Waals surface area contributed by atoms with Gasteiger partial charge in [-0.3, -0.25) is 0 Å². The number of aromatic nitrogens is 1. The Labute approximate surface area is 108 Å². The lowest BCUT2D eigenvalue weighted by atomic mass is 10.3. The van der Waals surface area contributed by atoms with E-state index >= 15 is 0 Å². The lowest BCUT2D eigenvalue weighted by Gasteiger charge is -2.20. The number of H-pyrrole nitrogens is 1. The Kier molecular flexibility index (Phi) is 4.09. The highest BCUT2D eigenvalue weighted by Gasteiger charge is 2.37. The van der Waals surface area contributed by atoms with Gasteiger partial charge in [0.25, 0.3) is 0 Å². The minimum Gasteiger partial charge on any atom is -0.390 e. The first kappa shape index (κ1) is 13.6. The van der Waals surface area contributed by atoms with E-state index < -0.39 is 10.0 Å². The molecule has 1 heterocycles. The maximum absolute atomic E-state index is 12.5. The molecule has 2 N–H and O–H groups in total. The summed E-state index contributed by atoms with van der Waals surface area (Å²) < 4.78 is 26.6. The fourth-order valence-electron chi connectivity index (χ4n) is 1.97. The van der Waals surface area contributed by atoms with Gasteiger partial charge >= 0.3 is 0 Å². The molecule has 1 aliphatic carbocycles. The van der Waals surface area contributed by atoms with Crippen LogP contribution in [0, 0.1) is 0 Å². The second kappa shape index (κ2) is 5.42. The van der Waals surface area contributed by atoms with Crippen LogP contribution in [0.2, 0.25) is 0 Å². The second-order valence-electron chi connectivity index (χ2n) is 4.72. The number of hydrogen-bond donors (Lipinski definition) is 2. The van der Waals surface area contributed by atoms with Crippen LogP contribution in [0.3, 0.4) is 0 Å². The summed E-state index contributed by atoms with van der Waals surface area (Å²) in [4.78, 5) is 3.03. The number of aliphatic hydroxyl groups is 1. The van der Waals surface area contributed by atoms with Gasteiger partial charge in [0.2, 0.25) is 10.0 Å². The molecule has 0 aromatic carbocycles. The highest BCUT2D eigenvalue weighted by Crippen LogP contribution is 2.32. The van der Waals surface area contributed by atoms with Gasteiger partial charge in [-0.1, -0.05) is 13.3 Å². The number of rotatable bonds is 7. The van der Waals surface area contributed by atoms with Crippen LogP contribution in [0.4, 0.5) is 0 Å². The molecule has 6 heteroatoms. The van der Waals surface area contributed by atoms with Crippen molar-refractivity contribution in [3.05, 3.63) is 18.0 Å². The van der Waals surface area contributed by atoms with Gasteiger partial charge in [-0.25, -0.2) is 8.42 Å². The number of aromatic amines is 1. The van der Waals surface area contributed by atoms with Crippen molar-refractivity contribution in [1.82, 2.24) is 9.29 Å². The largest absolute Gasteiger partial charge is 0.390 e. The Bertz CT molecular complexity index is 491. The van der Waals surface area contributed by atoms with E-state index in [1.54, 1.807) is 4.31 Å². The Balaban J connectivity index is 2.21. The Morgan fingerprint density at radius 1 is 1.50 bits per heavy atom. The van der Waals surface area contributed by atoms with Gasteiger partial charge in [0.15, 0.2) is 0 Å². The lowest BCUT2D eigenvalue weighted by molar-refractivity contribution is 0.277. The molecule has 102 valence electrons. The molecule has 0 amide bonds. The van der Waals surface area contributed by atoms with Crippen molar-refractivity contribution in [2.45, 2.75) is 50.2 Å². The Hall–Kier alpha value is -0.850. The molecule has 0 bridgehead atoms. The van der Waals surface area contributed by atoms with Gasteiger partial charge in [0, 0.05) is 24.5 Å². The molecule has 2 rings (SSSR count). The molecule has 5 nitrogen and oxygen atoms in total. The van der Waals surface area contributed by atoms with E-state index in [0.29, 0.717) is 12.2 Å². The number of aliphatic hydroxyl groups excluding tert-OH is 1. The average Bonchev–Trinajstić information content (AvgIpc) is 3.05. The van der Waals surface area contributed by atoms with Crippen molar-refractivity contribution in [3.8, 4) is 0 Å². The van der Waals surface area contributed by atoms with E-state index in [1.165, 1.54) is 12.3 Å². The quantitative estimate of drug-likeness (QED) is 0.789. The number of sulfonamides is 1. The normalized spacial score (nSPS) is 16.4. The SMILES string of the molecule is CCCCN(C1CC1)S(=O)(=O)c1c[nH]c(CO)c1. The molecule has 1 aliphatic rings. The predicted molar refractivity (Wildman–Crippen MR) is 68.5 cm³/mol. The minimum absolute atomic E-state index is 0.173. The topological polar surface area (TPSA) is 73.4 Å². The first-order chi connectivity index (χ1) is 8.59. The Morgan fingerprint density at radius 3 is 2.72 bits per heavy atom. The molecule has 1 saturated carbocycles. The van der Waals surface area contributed by atoms with Crippen LogP contribution < -0.4 is 0 Å². The van der Waals surface area contributed by atoms with Crippen molar-refractivity contribution in [3.63, 3.8) is 0 Å². The van der Waals surface area contributed by atoms with E-state index in [4.69, 9.17) is 5.11 Å². The highest BCUT2D eigenvalue weighted by atomic mass is 32.2. The zero-order valence-corrected chi connectivity index (χ0v) is 11.4. The highest BCUT2D eigenvalue weighted by molar-refractivity contribution is 7.89. The third-order valence-corrected chi connectivity index (χ3v) is 5.11. The number of unbranched alkanes of at least 4 members (excludes halogenated alkanes) is 1. The van der Waals surface area contributed by atoms with Crippen LogP contribution in [-0.4, -0.2) is 35.4 Å². The first-order valence-electron chi connectivity index (χ1n) is 6.39. The summed E-state index contributed by atoms with van der Waals surface area (Å²) in [6.45, 7) is 2.47.